The third kappa shape index (κ3) is 3.08. The summed E-state index contributed by atoms with van der Waals surface area (Å²) in [5, 5.41) is 0. The second-order valence-electron chi connectivity index (χ2n) is 5.11. The Morgan fingerprint density at radius 2 is 1.22 bits per heavy atom. The summed E-state index contributed by atoms with van der Waals surface area (Å²) in [4.78, 5) is 0. The second kappa shape index (κ2) is 6.29. The SMILES string of the molecule is CN(C)[Si](C=Cc1ccccc1)(N(C)C)N(C)C. The molecule has 0 radical (unpaired) electrons. The number of hydrogen-bond donors (Lipinski definition) is 0. The minimum atomic E-state index is -1.89. The summed E-state index contributed by atoms with van der Waals surface area (Å²) < 4.78 is 7.02. The fourth-order valence-corrected chi connectivity index (χ4v) is 6.13. The standard InChI is InChI=1S/C14H25N3Si/c1-15(2)18(16(3)4,17(5)6)13-12-14-10-8-7-9-11-14/h7-13H,1-6H3. The molecule has 1 aromatic rings. The van der Waals surface area contributed by atoms with Crippen LogP contribution in [0.1, 0.15) is 5.56 Å². The monoisotopic (exact) mass is 263 g/mol. The lowest BCUT2D eigenvalue weighted by atomic mass is 10.2. The molecule has 0 aliphatic carbocycles. The van der Waals surface area contributed by atoms with Gasteiger partial charge in [-0.05, 0) is 53.5 Å². The van der Waals surface area contributed by atoms with E-state index in [1.165, 1.54) is 5.56 Å². The second-order valence-corrected chi connectivity index (χ2v) is 9.51. The molecule has 1 rings (SSSR count). The third-order valence-electron chi connectivity index (χ3n) is 3.27. The van der Waals surface area contributed by atoms with Gasteiger partial charge in [0.2, 0.25) is 0 Å². The van der Waals surface area contributed by atoms with Crippen molar-refractivity contribution in [2.75, 3.05) is 42.3 Å². The van der Waals surface area contributed by atoms with Crippen molar-refractivity contribution >= 4 is 14.6 Å². The maximum absolute atomic E-state index is 2.36. The van der Waals surface area contributed by atoms with Crippen LogP contribution in [-0.2, 0) is 0 Å². The van der Waals surface area contributed by atoms with E-state index in [4.69, 9.17) is 0 Å². The van der Waals surface area contributed by atoms with Crippen LogP contribution in [-0.4, -0.2) is 64.5 Å². The maximum atomic E-state index is 2.36. The van der Waals surface area contributed by atoms with Crippen molar-refractivity contribution in [3.8, 4) is 0 Å². The molecule has 0 aliphatic rings. The summed E-state index contributed by atoms with van der Waals surface area (Å²) >= 11 is 0. The fourth-order valence-electron chi connectivity index (χ4n) is 2.42. The summed E-state index contributed by atoms with van der Waals surface area (Å²) in [7, 11) is 11.0. The van der Waals surface area contributed by atoms with Crippen LogP contribution in [0.25, 0.3) is 6.08 Å². The van der Waals surface area contributed by atoms with E-state index in [0.29, 0.717) is 0 Å². The average molecular weight is 263 g/mol. The lowest BCUT2D eigenvalue weighted by molar-refractivity contribution is 0.395. The van der Waals surface area contributed by atoms with E-state index in [9.17, 15) is 0 Å². The molecule has 0 spiro atoms. The van der Waals surface area contributed by atoms with E-state index in [1.807, 2.05) is 6.07 Å². The van der Waals surface area contributed by atoms with Crippen LogP contribution in [0.4, 0.5) is 0 Å². The largest absolute Gasteiger partial charge is 0.314 e. The number of rotatable bonds is 5. The van der Waals surface area contributed by atoms with E-state index in [-0.39, 0.29) is 0 Å². The average Bonchev–Trinajstić information content (AvgIpc) is 2.29. The molecular weight excluding hydrogens is 238 g/mol. The summed E-state index contributed by atoms with van der Waals surface area (Å²) in [6, 6.07) is 10.5. The molecular formula is C14H25N3Si. The lowest BCUT2D eigenvalue weighted by Gasteiger charge is -2.44. The number of benzene rings is 1. The van der Waals surface area contributed by atoms with Gasteiger partial charge in [0.25, 0.3) is 0 Å². The van der Waals surface area contributed by atoms with Crippen LogP contribution < -0.4 is 0 Å². The van der Waals surface area contributed by atoms with Crippen LogP contribution in [0, 0.1) is 0 Å². The molecule has 0 saturated heterocycles. The van der Waals surface area contributed by atoms with Gasteiger partial charge in [0.05, 0.1) is 0 Å². The molecule has 0 aliphatic heterocycles. The first kappa shape index (κ1) is 15.1. The number of hydrogen-bond acceptors (Lipinski definition) is 3. The van der Waals surface area contributed by atoms with Crippen LogP contribution in [0.3, 0.4) is 0 Å². The molecule has 3 nitrogen and oxygen atoms in total. The molecule has 0 bridgehead atoms. The first-order chi connectivity index (χ1) is 8.41. The smallest absolute Gasteiger partial charge is 0.302 e. The fraction of sp³-hybridized carbons (Fsp3) is 0.429. The van der Waals surface area contributed by atoms with E-state index in [0.717, 1.165) is 0 Å². The van der Waals surface area contributed by atoms with Gasteiger partial charge in [0.1, 0.15) is 0 Å². The highest BCUT2D eigenvalue weighted by atomic mass is 28.4. The molecule has 0 fully saturated rings. The zero-order valence-electron chi connectivity index (χ0n) is 12.4. The van der Waals surface area contributed by atoms with Gasteiger partial charge in [-0.25, -0.2) is 0 Å². The van der Waals surface area contributed by atoms with E-state index < -0.39 is 8.56 Å². The van der Waals surface area contributed by atoms with Crippen LogP contribution in [0.15, 0.2) is 36.0 Å². The normalized spacial score (nSPS) is 13.2. The van der Waals surface area contributed by atoms with Crippen LogP contribution >= 0.6 is 0 Å². The Morgan fingerprint density at radius 3 is 1.61 bits per heavy atom. The molecule has 1 aromatic carbocycles. The van der Waals surface area contributed by atoms with Crippen molar-refractivity contribution in [1.29, 1.82) is 0 Å². The zero-order valence-corrected chi connectivity index (χ0v) is 13.4. The summed E-state index contributed by atoms with van der Waals surface area (Å²) in [5.74, 6) is 0. The maximum Gasteiger partial charge on any atom is 0.314 e. The highest BCUT2D eigenvalue weighted by molar-refractivity contribution is 6.77. The first-order valence-corrected chi connectivity index (χ1v) is 8.09. The Bertz CT molecular complexity index is 364. The highest BCUT2D eigenvalue weighted by Crippen LogP contribution is 2.16. The van der Waals surface area contributed by atoms with Crippen molar-refractivity contribution in [1.82, 2.24) is 13.7 Å². The van der Waals surface area contributed by atoms with Gasteiger partial charge in [-0.3, -0.25) is 0 Å². The zero-order chi connectivity index (χ0) is 13.8. The molecule has 0 heterocycles. The summed E-state index contributed by atoms with van der Waals surface area (Å²) in [5.41, 5.74) is 3.61. The molecule has 0 amide bonds. The Kier molecular flexibility index (Phi) is 5.28. The highest BCUT2D eigenvalue weighted by Gasteiger charge is 2.39. The van der Waals surface area contributed by atoms with Gasteiger partial charge in [0, 0.05) is 0 Å². The van der Waals surface area contributed by atoms with E-state index >= 15 is 0 Å². The molecule has 100 valence electrons. The minimum Gasteiger partial charge on any atom is -0.302 e. The molecule has 0 saturated carbocycles. The van der Waals surface area contributed by atoms with Crippen molar-refractivity contribution in [3.05, 3.63) is 41.6 Å². The topological polar surface area (TPSA) is 9.72 Å². The van der Waals surface area contributed by atoms with Crippen molar-refractivity contribution in [2.45, 2.75) is 0 Å². The Hall–Kier alpha value is -0.943. The van der Waals surface area contributed by atoms with Crippen molar-refractivity contribution in [3.63, 3.8) is 0 Å². The van der Waals surface area contributed by atoms with Crippen molar-refractivity contribution < 1.29 is 0 Å². The van der Waals surface area contributed by atoms with E-state index in [1.54, 1.807) is 0 Å². The Balaban J connectivity index is 3.09. The molecule has 0 unspecified atom stereocenters. The summed E-state index contributed by atoms with van der Waals surface area (Å²) in [6.45, 7) is 0. The lowest BCUT2D eigenvalue weighted by Crippen LogP contribution is -2.68. The predicted octanol–water partition coefficient (Wildman–Crippen LogP) is 1.86. The van der Waals surface area contributed by atoms with Gasteiger partial charge < -0.3 is 13.7 Å². The van der Waals surface area contributed by atoms with Gasteiger partial charge >= 0.3 is 8.56 Å². The predicted molar refractivity (Wildman–Crippen MR) is 82.3 cm³/mol. The molecule has 4 heteroatoms. The molecule has 18 heavy (non-hydrogen) atoms. The van der Waals surface area contributed by atoms with E-state index in [2.05, 4.69) is 92.0 Å². The van der Waals surface area contributed by atoms with Gasteiger partial charge in [-0.15, -0.1) is 0 Å². The molecule has 0 atom stereocenters. The first-order valence-electron chi connectivity index (χ1n) is 6.18. The third-order valence-corrected chi connectivity index (χ3v) is 7.84. The minimum absolute atomic E-state index is 1.25. The quantitative estimate of drug-likeness (QED) is 0.751. The van der Waals surface area contributed by atoms with Gasteiger partial charge in [0.15, 0.2) is 0 Å². The summed E-state index contributed by atoms with van der Waals surface area (Å²) in [6.07, 6.45) is 2.23. The number of nitrogens with zero attached hydrogens (tertiary/aromatic N) is 3. The molecule has 0 N–H and O–H groups in total. The van der Waals surface area contributed by atoms with Crippen LogP contribution in [0.2, 0.25) is 0 Å². The Labute approximate surface area is 113 Å². The van der Waals surface area contributed by atoms with Gasteiger partial charge in [-0.1, -0.05) is 36.4 Å². The van der Waals surface area contributed by atoms with Gasteiger partial charge in [-0.2, -0.15) is 0 Å². The van der Waals surface area contributed by atoms with Crippen molar-refractivity contribution in [2.24, 2.45) is 0 Å². The Morgan fingerprint density at radius 1 is 0.778 bits per heavy atom. The molecule has 0 aromatic heterocycles. The van der Waals surface area contributed by atoms with Crippen LogP contribution in [0.5, 0.6) is 0 Å².